The Balaban J connectivity index is -0.000000804. The molecule has 0 radical (unpaired) electrons. The predicted molar refractivity (Wildman–Crippen MR) is 482 cm³/mol. The van der Waals surface area contributed by atoms with Gasteiger partial charge in [-0.05, 0) is 184 Å². The second-order valence-corrected chi connectivity index (χ2v) is 33.0. The summed E-state index contributed by atoms with van der Waals surface area (Å²) < 4.78 is 30.9. The van der Waals surface area contributed by atoms with Crippen LogP contribution in [0.4, 0.5) is 14.4 Å². The maximum Gasteiger partial charge on any atom is 0.414 e. The molecule has 11 atom stereocenters. The maximum absolute atomic E-state index is 13.3. The van der Waals surface area contributed by atoms with Crippen LogP contribution >= 0.6 is 34.8 Å². The molecule has 6 aromatic rings. The van der Waals surface area contributed by atoms with E-state index >= 15 is 0 Å². The standard InChI is InChI=1S/C33H47N3O6.C25H31N3O6.C15H20ClNO2.C14H20.C2H2Cl2O.4CO2.3CH4.ClH.HI/c1-23(25-15-10-9-11-16-25)27-18-12-13-20-36(27)31(39)40-22-35-19-14-17-26(21-35)29(37)34-28(24(2)41-32(3,4)5)30(38)42-33(6,7)8;1-17(19-9-4-3-5-10-19)21-12-6-7-14-28(21)25(33)34-16-27-13-8-11-20(15-27)23(30)26-22(18(2)29)24(31)32;1-12(13-7-3-2-4-8-13)14-9-5-6-10-17(14)15(18)19-11-16;1-12(13-8-4-2-5-9-13)14-10-6-3-7-11-14;3-1-2(4)5;4*2-1-3;;;;;/h9-11,14-17,19,21,23-24,27-28H,12-13,18,20,22H2,1-8H3;3-5,8-11,13,15,17-18,21-22,29H,6-7,12,14,16H2,1-2H3,(H-,26,30,31,32);2-4,7-8,12,14H,5-6,9-11H2,1H3;2,4-5,8-9,12,14H,3,6-7,10-11H2,1H3;1H2;;;;;3*1H4;2*1H/t23-,24-,27-,28+;17-,18-,21-,22+;12-,14-;12-;;;;;;;;;;/m1111........../s1. The van der Waals surface area contributed by atoms with E-state index < -0.39 is 70.6 Å². The van der Waals surface area contributed by atoms with Crippen molar-refractivity contribution < 1.29 is 156 Å². The highest BCUT2D eigenvalue weighted by molar-refractivity contribution is 6.67. The fourth-order valence-electron chi connectivity index (χ4n) is 14.9. The van der Waals surface area contributed by atoms with Crippen molar-refractivity contribution in [2.24, 2.45) is 5.92 Å². The number of piperidine rings is 3. The number of aromatic nitrogens is 2. The number of aliphatic hydroxyl groups is 1. The molecule has 1 aliphatic carbocycles. The van der Waals surface area contributed by atoms with Gasteiger partial charge in [-0.3, -0.25) is 14.4 Å². The minimum Gasteiger partial charge on any atom is -1.00 e. The number of aliphatic hydroxyl groups excluding tert-OH is 1. The molecule has 1 saturated carbocycles. The summed E-state index contributed by atoms with van der Waals surface area (Å²) in [5.41, 5.74) is 4.39. The molecule has 0 unspecified atom stereocenters. The molecule has 30 nitrogen and oxygen atoms in total. The molecule has 4 aromatic carbocycles. The van der Waals surface area contributed by atoms with E-state index in [0.29, 0.717) is 24.6 Å². The molecule has 10 rings (SSSR count). The number of alkyl halides is 2. The summed E-state index contributed by atoms with van der Waals surface area (Å²) in [4.78, 5) is 168. The van der Waals surface area contributed by atoms with E-state index in [2.05, 4.69) is 105 Å². The number of carbonyl (C=O) groups excluding carboxylic acids is 15. The molecule has 35 heteroatoms. The minimum atomic E-state index is -1.43. The van der Waals surface area contributed by atoms with Gasteiger partial charge in [-0.25, -0.2) is 24.0 Å². The number of hydrogen-bond acceptors (Lipinski definition) is 22. The summed E-state index contributed by atoms with van der Waals surface area (Å²) in [5.74, 6) is -0.765. The number of amides is 5. The molecule has 5 amide bonds. The zero-order valence-corrected chi connectivity index (χ0v) is 79.7. The van der Waals surface area contributed by atoms with Gasteiger partial charge in [0.15, 0.2) is 42.9 Å². The number of ether oxygens (including phenoxy) is 5. The van der Waals surface area contributed by atoms with Crippen molar-refractivity contribution in [2.45, 2.75) is 286 Å². The van der Waals surface area contributed by atoms with Crippen LogP contribution in [0.5, 0.6) is 0 Å². The average Bonchev–Trinajstić information content (AvgIpc) is 0.831. The van der Waals surface area contributed by atoms with E-state index in [9.17, 15) is 43.5 Å². The van der Waals surface area contributed by atoms with E-state index in [1.807, 2.05) is 85.2 Å². The third-order valence-corrected chi connectivity index (χ3v) is 21.6. The van der Waals surface area contributed by atoms with Crippen LogP contribution in [0.15, 0.2) is 170 Å². The zero-order valence-electron chi connectivity index (χ0n) is 74.5. The summed E-state index contributed by atoms with van der Waals surface area (Å²) in [6.45, 7) is 24.7. The lowest BCUT2D eigenvalue weighted by Crippen LogP contribution is -3.00. The second-order valence-electron chi connectivity index (χ2n) is 32.0. The van der Waals surface area contributed by atoms with Crippen LogP contribution in [-0.4, -0.2) is 182 Å². The topological polar surface area (TPSA) is 401 Å². The maximum atomic E-state index is 13.3. The highest BCUT2D eigenvalue weighted by Gasteiger charge is 2.39. The first-order valence-electron chi connectivity index (χ1n) is 41.7. The molecule has 4 N–H and O–H groups in total. The van der Waals surface area contributed by atoms with Crippen molar-refractivity contribution >= 4 is 107 Å². The van der Waals surface area contributed by atoms with Gasteiger partial charge in [0.25, 0.3) is 25.3 Å². The molecule has 0 bridgehead atoms. The van der Waals surface area contributed by atoms with Crippen LogP contribution in [0.2, 0.25) is 0 Å². The number of hydrogen-bond donors (Lipinski definition) is 4. The van der Waals surface area contributed by atoms with E-state index in [1.54, 1.807) is 74.0 Å². The largest absolute Gasteiger partial charge is 1.00 e. The van der Waals surface area contributed by atoms with Gasteiger partial charge in [-0.2, -0.15) is 47.5 Å². The van der Waals surface area contributed by atoms with Crippen LogP contribution in [0.25, 0.3) is 0 Å². The molecule has 3 aliphatic heterocycles. The van der Waals surface area contributed by atoms with Gasteiger partial charge in [0.05, 0.1) is 23.7 Å². The molecule has 4 fully saturated rings. The molecule has 4 aliphatic rings. The summed E-state index contributed by atoms with van der Waals surface area (Å²) >= 11 is 15.0. The van der Waals surface area contributed by atoms with Crippen molar-refractivity contribution in [3.8, 4) is 0 Å². The monoisotopic (exact) mass is 2020 g/mol. The number of aliphatic carboxylic acids is 1. The summed E-state index contributed by atoms with van der Waals surface area (Å²) in [7, 11) is 0. The Morgan fingerprint density at radius 3 is 1.03 bits per heavy atom. The highest BCUT2D eigenvalue weighted by Crippen LogP contribution is 2.37. The third-order valence-electron chi connectivity index (χ3n) is 20.9. The van der Waals surface area contributed by atoms with Gasteiger partial charge in [-0.15, -0.1) is 11.6 Å². The van der Waals surface area contributed by atoms with Crippen molar-refractivity contribution in [3.63, 3.8) is 0 Å². The Morgan fingerprint density at radius 1 is 0.450 bits per heavy atom. The summed E-state index contributed by atoms with van der Waals surface area (Å²) in [6, 6.07) is 45.8. The number of nitrogens with one attached hydrogen (secondary N) is 2. The van der Waals surface area contributed by atoms with Gasteiger partial charge >= 0.3 is 54.8 Å². The Hall–Kier alpha value is -10.1. The number of likely N-dealkylation sites (tertiary alicyclic amines) is 3. The number of pyridine rings is 2. The van der Waals surface area contributed by atoms with Crippen molar-refractivity contribution in [1.29, 1.82) is 0 Å². The summed E-state index contributed by atoms with van der Waals surface area (Å²) in [6.07, 6.45) is 20.7. The number of benzene rings is 4. The van der Waals surface area contributed by atoms with E-state index in [0.717, 1.165) is 76.2 Å². The quantitative estimate of drug-likeness (QED) is 0.0116. The highest BCUT2D eigenvalue weighted by atomic mass is 127. The number of carbonyl (C=O) groups is 8. The molecule has 2 aromatic heterocycles. The zero-order chi connectivity index (χ0) is 94.3. The van der Waals surface area contributed by atoms with Gasteiger partial charge in [0.1, 0.15) is 16.7 Å². The third kappa shape index (κ3) is 49.3. The van der Waals surface area contributed by atoms with Gasteiger partial charge in [-0.1, -0.05) is 202 Å². The van der Waals surface area contributed by atoms with Gasteiger partial charge < -0.3 is 95.6 Å². The van der Waals surface area contributed by atoms with Crippen LogP contribution in [0, 0.1) is 5.92 Å². The van der Waals surface area contributed by atoms with Crippen LogP contribution in [-0.2, 0) is 89.9 Å². The normalized spacial score (nSPS) is 16.3. The number of nitrogens with zero attached hydrogens (tertiary/aromatic N) is 5. The lowest BCUT2D eigenvalue weighted by Gasteiger charge is -2.38. The first-order valence-corrected chi connectivity index (χ1v) is 43.1. The van der Waals surface area contributed by atoms with Crippen LogP contribution in [0.3, 0.4) is 0 Å². The average molecular weight is 2020 g/mol. The van der Waals surface area contributed by atoms with E-state index in [-0.39, 0.29) is 156 Å². The van der Waals surface area contributed by atoms with E-state index in [4.69, 9.17) is 102 Å². The first kappa shape index (κ1) is 127. The van der Waals surface area contributed by atoms with Crippen molar-refractivity contribution in [3.05, 3.63) is 204 Å². The Bertz CT molecular complexity index is 4330. The number of carboxylic acids is 1. The molecule has 5 heterocycles. The first-order chi connectivity index (χ1) is 60.0. The number of carboxylic acid groups (broad SMARTS) is 1. The minimum absolute atomic E-state index is 0. The molecular formula is C96H134Cl4IN7O23. The fourth-order valence-corrected chi connectivity index (χ4v) is 15.0. The Morgan fingerprint density at radius 2 is 0.748 bits per heavy atom. The number of esters is 1. The smallest absolute Gasteiger partial charge is 0.414 e. The molecule has 0 spiro atoms. The molecule has 726 valence electrons. The van der Waals surface area contributed by atoms with E-state index in [1.165, 1.54) is 78.1 Å². The molecule has 131 heavy (non-hydrogen) atoms. The SMILES string of the molecule is C.C.C.C[C@H](c1ccccc1)C1CCCCC1.C[C@H](c1ccccc1)[C@H]1CCCCN1C(=O)OCCl.C[C@H](c1ccccc1)[C@H]1CCCCN1C(=O)OC[n+]1cccc(C(=O)N[C@H](C(=O)O)[C@@H](C)O)c1.C[C@H](c1ccccc1)[C@H]1CCCCN1C(=O)OC[n+]1cccc(C(=O)N[C@H](C(=O)OC(C)(C)C)[C@@H](C)OC(C)(C)C)c1.O=C(Cl)CCl.O=C=O.O=C=O.O=C=O.O=C=O.[Cl-].[I-]. The molecular weight excluding hydrogens is 1890 g/mol. The lowest BCUT2D eigenvalue weighted by molar-refractivity contribution is -0.727. The van der Waals surface area contributed by atoms with Crippen LogP contribution in [0.1, 0.15) is 262 Å². The van der Waals surface area contributed by atoms with Crippen molar-refractivity contribution in [1.82, 2.24) is 25.3 Å². The Kier molecular flexibility index (Phi) is 68.5. The number of halogens is 5. The Labute approximate surface area is 810 Å². The van der Waals surface area contributed by atoms with Crippen LogP contribution < -0.4 is 56.2 Å². The van der Waals surface area contributed by atoms with Gasteiger partial charge in [0, 0.05) is 67.6 Å². The second kappa shape index (κ2) is 70.6. The number of rotatable bonds is 23. The fraction of sp³-hybridized carbons (Fsp3) is 0.521. The van der Waals surface area contributed by atoms with Crippen molar-refractivity contribution in [2.75, 3.05) is 31.6 Å². The predicted octanol–water partition coefficient (Wildman–Crippen LogP) is 10.6. The lowest BCUT2D eigenvalue weighted by atomic mass is 9.78. The summed E-state index contributed by atoms with van der Waals surface area (Å²) in [5, 5.41) is 23.3. The van der Waals surface area contributed by atoms with Gasteiger partial charge in [0.2, 0.25) is 5.24 Å². The molecule has 3 saturated heterocycles.